The lowest BCUT2D eigenvalue weighted by Gasteiger charge is -2.06. The van der Waals surface area contributed by atoms with Crippen LogP contribution in [0, 0.1) is 17.2 Å². The molecular weight excluding hydrogens is 140 g/mol. The van der Waals surface area contributed by atoms with Crippen LogP contribution in [0.5, 0.6) is 0 Å². The molecule has 1 fully saturated rings. The van der Waals surface area contributed by atoms with E-state index in [4.69, 9.17) is 10.00 Å². The Morgan fingerprint density at radius 1 is 1.64 bits per heavy atom. The molecule has 0 bridgehead atoms. The lowest BCUT2D eigenvalue weighted by Crippen LogP contribution is -2.23. The van der Waals surface area contributed by atoms with Gasteiger partial charge in [-0.25, -0.2) is 0 Å². The topological polar surface area (TPSA) is 45.0 Å². The summed E-state index contributed by atoms with van der Waals surface area (Å²) in [6, 6.07) is 2.10. The molecule has 62 valence electrons. The highest BCUT2D eigenvalue weighted by Crippen LogP contribution is 2.10. The average Bonchev–Trinajstić information content (AvgIpc) is 2.50. The van der Waals surface area contributed by atoms with Gasteiger partial charge in [0.1, 0.15) is 0 Å². The Hall–Kier alpha value is -0.590. The lowest BCUT2D eigenvalue weighted by atomic mass is 10.1. The second-order valence-electron chi connectivity index (χ2n) is 2.84. The average molecular weight is 154 g/mol. The second kappa shape index (κ2) is 5.11. The standard InChI is InChI=1S/C8H14N2O/c9-3-1-4-10-6-8-2-5-11-7-8/h8,10H,1-2,4-7H2/t8-/m0/s1. The van der Waals surface area contributed by atoms with Crippen molar-refractivity contribution in [1.29, 1.82) is 5.26 Å². The van der Waals surface area contributed by atoms with Gasteiger partial charge in [0.05, 0.1) is 12.7 Å². The van der Waals surface area contributed by atoms with E-state index >= 15 is 0 Å². The van der Waals surface area contributed by atoms with Crippen molar-refractivity contribution in [2.75, 3.05) is 26.3 Å². The van der Waals surface area contributed by atoms with Crippen molar-refractivity contribution in [3.05, 3.63) is 0 Å². The molecule has 0 aromatic rings. The summed E-state index contributed by atoms with van der Waals surface area (Å²) in [5, 5.41) is 11.5. The van der Waals surface area contributed by atoms with Crippen molar-refractivity contribution in [1.82, 2.24) is 5.32 Å². The third-order valence-corrected chi connectivity index (χ3v) is 1.87. The highest BCUT2D eigenvalue weighted by Gasteiger charge is 2.14. The molecule has 0 amide bonds. The Morgan fingerprint density at radius 2 is 2.55 bits per heavy atom. The first-order valence-corrected chi connectivity index (χ1v) is 4.09. The van der Waals surface area contributed by atoms with E-state index in [2.05, 4.69) is 11.4 Å². The zero-order valence-electron chi connectivity index (χ0n) is 6.68. The van der Waals surface area contributed by atoms with Crippen LogP contribution in [0.2, 0.25) is 0 Å². The van der Waals surface area contributed by atoms with E-state index in [9.17, 15) is 0 Å². The van der Waals surface area contributed by atoms with Crippen LogP contribution in [0.1, 0.15) is 12.8 Å². The Kier molecular flexibility index (Phi) is 3.95. The minimum absolute atomic E-state index is 0.605. The van der Waals surface area contributed by atoms with E-state index in [1.807, 2.05) is 0 Å². The highest BCUT2D eigenvalue weighted by atomic mass is 16.5. The molecule has 1 saturated heterocycles. The monoisotopic (exact) mass is 154 g/mol. The number of nitrogens with one attached hydrogen (secondary N) is 1. The van der Waals surface area contributed by atoms with Crippen LogP contribution < -0.4 is 5.32 Å². The summed E-state index contributed by atoms with van der Waals surface area (Å²) in [5.74, 6) is 0.675. The van der Waals surface area contributed by atoms with Crippen molar-refractivity contribution in [2.45, 2.75) is 12.8 Å². The largest absolute Gasteiger partial charge is 0.381 e. The predicted molar refractivity (Wildman–Crippen MR) is 42.0 cm³/mol. The molecule has 11 heavy (non-hydrogen) atoms. The molecule has 0 saturated carbocycles. The van der Waals surface area contributed by atoms with Crippen LogP contribution >= 0.6 is 0 Å². The Morgan fingerprint density at radius 3 is 3.18 bits per heavy atom. The van der Waals surface area contributed by atoms with Gasteiger partial charge in [0.2, 0.25) is 0 Å². The maximum absolute atomic E-state index is 8.24. The summed E-state index contributed by atoms with van der Waals surface area (Å²) >= 11 is 0. The van der Waals surface area contributed by atoms with Crippen LogP contribution in [0.15, 0.2) is 0 Å². The van der Waals surface area contributed by atoms with Gasteiger partial charge >= 0.3 is 0 Å². The maximum atomic E-state index is 8.24. The van der Waals surface area contributed by atoms with Gasteiger partial charge in [-0.05, 0) is 12.3 Å². The SMILES string of the molecule is N#CCCNC[C@@H]1CCOC1. The zero-order valence-corrected chi connectivity index (χ0v) is 6.68. The minimum atomic E-state index is 0.605. The number of hydrogen-bond acceptors (Lipinski definition) is 3. The summed E-state index contributed by atoms with van der Waals surface area (Å²) in [7, 11) is 0. The van der Waals surface area contributed by atoms with E-state index in [1.54, 1.807) is 0 Å². The minimum Gasteiger partial charge on any atom is -0.381 e. The molecule has 0 aliphatic carbocycles. The van der Waals surface area contributed by atoms with E-state index < -0.39 is 0 Å². The van der Waals surface area contributed by atoms with E-state index in [-0.39, 0.29) is 0 Å². The third kappa shape index (κ3) is 3.35. The molecule has 1 atom stereocenters. The smallest absolute Gasteiger partial charge is 0.0635 e. The van der Waals surface area contributed by atoms with Crippen LogP contribution in [0.3, 0.4) is 0 Å². The molecule has 3 heteroatoms. The maximum Gasteiger partial charge on any atom is 0.0635 e. The molecule has 1 aliphatic heterocycles. The summed E-state index contributed by atoms with van der Waals surface area (Å²) in [6.45, 7) is 3.61. The first-order valence-electron chi connectivity index (χ1n) is 4.09. The lowest BCUT2D eigenvalue weighted by molar-refractivity contribution is 0.185. The number of ether oxygens (including phenoxy) is 1. The van der Waals surface area contributed by atoms with E-state index in [0.29, 0.717) is 12.3 Å². The molecule has 1 aliphatic rings. The van der Waals surface area contributed by atoms with Gasteiger partial charge in [-0.3, -0.25) is 0 Å². The van der Waals surface area contributed by atoms with Crippen LogP contribution in [0.25, 0.3) is 0 Å². The summed E-state index contributed by atoms with van der Waals surface area (Å²) < 4.78 is 5.21. The van der Waals surface area contributed by atoms with Gasteiger partial charge in [0, 0.05) is 26.1 Å². The van der Waals surface area contributed by atoms with Crippen molar-refractivity contribution in [3.8, 4) is 6.07 Å². The quantitative estimate of drug-likeness (QED) is 0.601. The molecule has 0 aromatic carbocycles. The van der Waals surface area contributed by atoms with Gasteiger partial charge in [-0.2, -0.15) is 5.26 Å². The van der Waals surface area contributed by atoms with Gasteiger partial charge in [-0.15, -0.1) is 0 Å². The molecule has 1 N–H and O–H groups in total. The van der Waals surface area contributed by atoms with E-state index in [0.717, 1.165) is 26.3 Å². The Labute approximate surface area is 67.3 Å². The fourth-order valence-electron chi connectivity index (χ4n) is 1.19. The molecule has 1 rings (SSSR count). The van der Waals surface area contributed by atoms with Gasteiger partial charge in [0.25, 0.3) is 0 Å². The van der Waals surface area contributed by atoms with Crippen molar-refractivity contribution in [2.24, 2.45) is 5.92 Å². The first kappa shape index (κ1) is 8.51. The number of hydrogen-bond donors (Lipinski definition) is 1. The first-order chi connectivity index (χ1) is 5.43. The Bertz CT molecular complexity index is 136. The fraction of sp³-hybridized carbons (Fsp3) is 0.875. The van der Waals surface area contributed by atoms with Gasteiger partial charge < -0.3 is 10.1 Å². The molecule has 0 radical (unpaired) electrons. The normalized spacial score (nSPS) is 23.4. The van der Waals surface area contributed by atoms with Crippen molar-refractivity contribution < 1.29 is 4.74 Å². The third-order valence-electron chi connectivity index (χ3n) is 1.87. The molecular formula is C8H14N2O. The molecule has 3 nitrogen and oxygen atoms in total. The molecule has 1 heterocycles. The van der Waals surface area contributed by atoms with Crippen LogP contribution in [-0.4, -0.2) is 26.3 Å². The Balaban J connectivity index is 1.90. The number of nitrogens with zero attached hydrogens (tertiary/aromatic N) is 1. The summed E-state index contributed by atoms with van der Waals surface area (Å²) in [4.78, 5) is 0. The van der Waals surface area contributed by atoms with Gasteiger partial charge in [-0.1, -0.05) is 0 Å². The highest BCUT2D eigenvalue weighted by molar-refractivity contribution is 4.72. The van der Waals surface area contributed by atoms with Gasteiger partial charge in [0.15, 0.2) is 0 Å². The summed E-state index contributed by atoms with van der Waals surface area (Å²) in [6.07, 6.45) is 1.77. The zero-order chi connectivity index (χ0) is 7.94. The summed E-state index contributed by atoms with van der Waals surface area (Å²) in [5.41, 5.74) is 0. The van der Waals surface area contributed by atoms with Crippen LogP contribution in [0.4, 0.5) is 0 Å². The number of rotatable bonds is 4. The fourth-order valence-corrected chi connectivity index (χ4v) is 1.19. The van der Waals surface area contributed by atoms with Crippen LogP contribution in [-0.2, 0) is 4.74 Å². The van der Waals surface area contributed by atoms with Crippen molar-refractivity contribution >= 4 is 0 Å². The van der Waals surface area contributed by atoms with Crippen molar-refractivity contribution in [3.63, 3.8) is 0 Å². The molecule has 0 unspecified atom stereocenters. The number of nitriles is 1. The second-order valence-corrected chi connectivity index (χ2v) is 2.84. The molecule has 0 spiro atoms. The predicted octanol–water partition coefficient (Wildman–Crippen LogP) is 0.526. The molecule has 0 aromatic heterocycles. The van der Waals surface area contributed by atoms with E-state index in [1.165, 1.54) is 6.42 Å².